The molecule has 0 saturated heterocycles. The predicted molar refractivity (Wildman–Crippen MR) is 74.4 cm³/mol. The summed E-state index contributed by atoms with van der Waals surface area (Å²) in [6, 6.07) is 5.01. The van der Waals surface area contributed by atoms with Gasteiger partial charge in [-0.3, -0.25) is 4.79 Å². The summed E-state index contributed by atoms with van der Waals surface area (Å²) in [6.07, 6.45) is 0.503. The van der Waals surface area contributed by atoms with Crippen molar-refractivity contribution >= 4 is 17.7 Å². The van der Waals surface area contributed by atoms with Crippen LogP contribution in [0.5, 0.6) is 0 Å². The van der Waals surface area contributed by atoms with Crippen LogP contribution >= 0.6 is 0 Å². The SMILES string of the molecule is CCC(CC(=O)O)NC(=O)Nc1cc(C)cc(C)c1. The number of aryl methyl sites for hydroxylation is 2. The van der Waals surface area contributed by atoms with Crippen LogP contribution in [-0.4, -0.2) is 23.1 Å². The first-order valence-corrected chi connectivity index (χ1v) is 6.28. The van der Waals surface area contributed by atoms with E-state index in [9.17, 15) is 9.59 Å². The van der Waals surface area contributed by atoms with E-state index in [1.165, 1.54) is 0 Å². The Balaban J connectivity index is 2.61. The third-order valence-electron chi connectivity index (χ3n) is 2.73. The second-order valence-electron chi connectivity index (χ2n) is 4.68. The summed E-state index contributed by atoms with van der Waals surface area (Å²) in [5.41, 5.74) is 2.83. The Hall–Kier alpha value is -2.04. The van der Waals surface area contributed by atoms with Crippen LogP contribution in [0.25, 0.3) is 0 Å². The number of carboxylic acid groups (broad SMARTS) is 1. The summed E-state index contributed by atoms with van der Waals surface area (Å²) in [5, 5.41) is 14.1. The summed E-state index contributed by atoms with van der Waals surface area (Å²) < 4.78 is 0. The van der Waals surface area contributed by atoms with Gasteiger partial charge in [0.2, 0.25) is 0 Å². The number of nitrogens with one attached hydrogen (secondary N) is 2. The van der Waals surface area contributed by atoms with Gasteiger partial charge in [0.15, 0.2) is 0 Å². The lowest BCUT2D eigenvalue weighted by Gasteiger charge is -2.15. The Labute approximate surface area is 113 Å². The Bertz CT molecular complexity index is 452. The molecule has 0 fully saturated rings. The van der Waals surface area contributed by atoms with Crippen molar-refractivity contribution in [1.29, 1.82) is 0 Å². The van der Waals surface area contributed by atoms with E-state index in [2.05, 4.69) is 10.6 Å². The van der Waals surface area contributed by atoms with E-state index in [4.69, 9.17) is 5.11 Å². The standard InChI is InChI=1S/C14H20N2O3/c1-4-11(8-13(17)18)15-14(19)16-12-6-9(2)5-10(3)7-12/h5-7,11H,4,8H2,1-3H3,(H,17,18)(H2,15,16,19). The van der Waals surface area contributed by atoms with Gasteiger partial charge in [-0.1, -0.05) is 13.0 Å². The van der Waals surface area contributed by atoms with E-state index in [0.717, 1.165) is 11.1 Å². The van der Waals surface area contributed by atoms with Crippen LogP contribution in [0.1, 0.15) is 30.9 Å². The lowest BCUT2D eigenvalue weighted by Crippen LogP contribution is -2.38. The van der Waals surface area contributed by atoms with Crippen LogP contribution in [-0.2, 0) is 4.79 Å². The molecule has 1 unspecified atom stereocenters. The quantitative estimate of drug-likeness (QED) is 0.765. The average molecular weight is 264 g/mol. The Morgan fingerprint density at radius 3 is 2.26 bits per heavy atom. The summed E-state index contributed by atoms with van der Waals surface area (Å²) in [7, 11) is 0. The van der Waals surface area contributed by atoms with Gasteiger partial charge in [-0.15, -0.1) is 0 Å². The van der Waals surface area contributed by atoms with Gasteiger partial charge in [-0.2, -0.15) is 0 Å². The van der Waals surface area contributed by atoms with Crippen molar-refractivity contribution in [3.63, 3.8) is 0 Å². The predicted octanol–water partition coefficient (Wildman–Crippen LogP) is 2.68. The molecule has 0 aliphatic heterocycles. The first kappa shape index (κ1) is 15.0. The molecule has 1 aromatic carbocycles. The van der Waals surface area contributed by atoms with Gasteiger partial charge in [-0.05, 0) is 43.5 Å². The fourth-order valence-electron chi connectivity index (χ4n) is 1.91. The second-order valence-corrected chi connectivity index (χ2v) is 4.68. The fourth-order valence-corrected chi connectivity index (χ4v) is 1.91. The second kappa shape index (κ2) is 6.78. The first-order chi connectivity index (χ1) is 8.90. The normalized spacial score (nSPS) is 11.7. The molecule has 0 saturated carbocycles. The number of amides is 2. The van der Waals surface area contributed by atoms with Gasteiger partial charge < -0.3 is 15.7 Å². The Morgan fingerprint density at radius 2 is 1.79 bits per heavy atom. The zero-order valence-corrected chi connectivity index (χ0v) is 11.5. The molecule has 0 aliphatic carbocycles. The Kier molecular flexibility index (Phi) is 5.36. The van der Waals surface area contributed by atoms with Crippen LogP contribution in [0.2, 0.25) is 0 Å². The maximum Gasteiger partial charge on any atom is 0.319 e. The molecule has 1 rings (SSSR count). The molecule has 5 heteroatoms. The van der Waals surface area contributed by atoms with E-state index >= 15 is 0 Å². The van der Waals surface area contributed by atoms with Gasteiger partial charge in [0.1, 0.15) is 0 Å². The van der Waals surface area contributed by atoms with Crippen LogP contribution in [0.3, 0.4) is 0 Å². The van der Waals surface area contributed by atoms with E-state index in [1.807, 2.05) is 39.0 Å². The first-order valence-electron chi connectivity index (χ1n) is 6.28. The topological polar surface area (TPSA) is 78.4 Å². The number of benzene rings is 1. The molecule has 104 valence electrons. The average Bonchev–Trinajstić information content (AvgIpc) is 2.25. The molecular formula is C14H20N2O3. The summed E-state index contributed by atoms with van der Waals surface area (Å²) in [5.74, 6) is -0.918. The van der Waals surface area contributed by atoms with Crippen LogP contribution < -0.4 is 10.6 Å². The highest BCUT2D eigenvalue weighted by atomic mass is 16.4. The number of aliphatic carboxylic acids is 1. The molecule has 0 heterocycles. The van der Waals surface area contributed by atoms with Crippen molar-refractivity contribution in [2.75, 3.05) is 5.32 Å². The van der Waals surface area contributed by atoms with Gasteiger partial charge in [0.25, 0.3) is 0 Å². The van der Waals surface area contributed by atoms with E-state index in [1.54, 1.807) is 0 Å². The zero-order valence-electron chi connectivity index (χ0n) is 11.5. The van der Waals surface area contributed by atoms with Crippen molar-refractivity contribution in [2.24, 2.45) is 0 Å². The molecule has 0 aliphatic rings. The van der Waals surface area contributed by atoms with Gasteiger partial charge in [0, 0.05) is 11.7 Å². The number of carboxylic acids is 1. The maximum absolute atomic E-state index is 11.8. The molecule has 3 N–H and O–H groups in total. The molecule has 1 aromatic rings. The van der Waals surface area contributed by atoms with Gasteiger partial charge in [-0.25, -0.2) is 4.79 Å². The number of hydrogen-bond acceptors (Lipinski definition) is 2. The summed E-state index contributed by atoms with van der Waals surface area (Å²) in [4.78, 5) is 22.4. The number of anilines is 1. The van der Waals surface area contributed by atoms with Crippen molar-refractivity contribution in [1.82, 2.24) is 5.32 Å². The lowest BCUT2D eigenvalue weighted by atomic mass is 10.1. The van der Waals surface area contributed by atoms with Crippen LogP contribution in [0, 0.1) is 13.8 Å². The molecule has 19 heavy (non-hydrogen) atoms. The fraction of sp³-hybridized carbons (Fsp3) is 0.429. The van der Waals surface area contributed by atoms with Crippen molar-refractivity contribution in [3.05, 3.63) is 29.3 Å². The minimum Gasteiger partial charge on any atom is -0.481 e. The molecule has 0 spiro atoms. The van der Waals surface area contributed by atoms with Crippen molar-refractivity contribution < 1.29 is 14.7 Å². The smallest absolute Gasteiger partial charge is 0.319 e. The van der Waals surface area contributed by atoms with E-state index < -0.39 is 5.97 Å². The molecule has 0 bridgehead atoms. The lowest BCUT2D eigenvalue weighted by molar-refractivity contribution is -0.137. The highest BCUT2D eigenvalue weighted by molar-refractivity contribution is 5.89. The zero-order chi connectivity index (χ0) is 14.4. The van der Waals surface area contributed by atoms with Gasteiger partial charge in [0.05, 0.1) is 6.42 Å². The molecule has 0 radical (unpaired) electrons. The van der Waals surface area contributed by atoms with Crippen LogP contribution in [0.4, 0.5) is 10.5 Å². The highest BCUT2D eigenvalue weighted by Crippen LogP contribution is 2.13. The highest BCUT2D eigenvalue weighted by Gasteiger charge is 2.14. The maximum atomic E-state index is 11.8. The number of carbonyl (C=O) groups is 2. The van der Waals surface area contributed by atoms with Gasteiger partial charge >= 0.3 is 12.0 Å². The number of urea groups is 1. The molecule has 2 amide bonds. The van der Waals surface area contributed by atoms with E-state index in [-0.39, 0.29) is 18.5 Å². The number of carbonyl (C=O) groups excluding carboxylic acids is 1. The molecule has 0 aromatic heterocycles. The van der Waals surface area contributed by atoms with Crippen LogP contribution in [0.15, 0.2) is 18.2 Å². The van der Waals surface area contributed by atoms with E-state index in [0.29, 0.717) is 12.1 Å². The molecular weight excluding hydrogens is 244 g/mol. The third kappa shape index (κ3) is 5.42. The summed E-state index contributed by atoms with van der Waals surface area (Å²) >= 11 is 0. The number of hydrogen-bond donors (Lipinski definition) is 3. The Morgan fingerprint density at radius 1 is 1.21 bits per heavy atom. The minimum absolute atomic E-state index is 0.0727. The molecule has 1 atom stereocenters. The largest absolute Gasteiger partial charge is 0.481 e. The summed E-state index contributed by atoms with van der Waals surface area (Å²) in [6.45, 7) is 5.75. The third-order valence-corrected chi connectivity index (χ3v) is 2.73. The molecule has 5 nitrogen and oxygen atoms in total. The monoisotopic (exact) mass is 264 g/mol. The number of rotatable bonds is 5. The minimum atomic E-state index is -0.918. The van der Waals surface area contributed by atoms with Crippen molar-refractivity contribution in [3.8, 4) is 0 Å². The van der Waals surface area contributed by atoms with Crippen molar-refractivity contribution in [2.45, 2.75) is 39.7 Å².